The average Bonchev–Trinajstić information content (AvgIpc) is 2.94. The first kappa shape index (κ1) is 20.2. The van der Waals surface area contributed by atoms with Crippen LogP contribution in [0, 0.1) is 0 Å². The summed E-state index contributed by atoms with van der Waals surface area (Å²) in [5.74, 6) is 1.53. The summed E-state index contributed by atoms with van der Waals surface area (Å²) in [6, 6.07) is 25.2. The molecule has 2 unspecified atom stereocenters. The average molecular weight is 461 g/mol. The molecule has 1 aliphatic carbocycles. The molecule has 162 valence electrons. The van der Waals surface area contributed by atoms with E-state index in [1.54, 1.807) is 0 Å². The molecule has 0 bridgehead atoms. The molecule has 1 heterocycles. The normalized spacial score (nSPS) is 21.8. The zero-order valence-corrected chi connectivity index (χ0v) is 19.4. The van der Waals surface area contributed by atoms with Crippen molar-refractivity contribution in [3.63, 3.8) is 0 Å². The summed E-state index contributed by atoms with van der Waals surface area (Å²) in [5.41, 5.74) is 8.51. The standard InChI is InChI=1S/C26H25N2O2PS/c27-21-11-5-6-12-22(21)28-31(32)29-23-15-13-17-7-1-3-9-19(17)25(23)26-20-10-4-2-8-18(20)14-16-24(26)30-31/h1-4,7-10,13-16,21-22H,5-6,11-12,27H2,(H,28,32). The predicted octanol–water partition coefficient (Wildman–Crippen LogP) is 6.52. The van der Waals surface area contributed by atoms with Gasteiger partial charge < -0.3 is 14.8 Å². The Hall–Kier alpha value is -2.43. The van der Waals surface area contributed by atoms with Crippen LogP contribution in [0.4, 0.5) is 0 Å². The fourth-order valence-electron chi connectivity index (χ4n) is 5.02. The number of hydrogen-bond donors (Lipinski definition) is 2. The van der Waals surface area contributed by atoms with Crippen molar-refractivity contribution >= 4 is 40.0 Å². The minimum absolute atomic E-state index is 0.0613. The van der Waals surface area contributed by atoms with Crippen LogP contribution in [-0.2, 0) is 11.8 Å². The Morgan fingerprint density at radius 1 is 0.750 bits per heavy atom. The molecule has 1 fully saturated rings. The van der Waals surface area contributed by atoms with Gasteiger partial charge in [-0.25, -0.2) is 5.09 Å². The SMILES string of the molecule is NC1CCCCC1NP1(=S)Oc2ccc3ccccc3c2-c2c(ccc3ccccc23)O1. The highest BCUT2D eigenvalue weighted by molar-refractivity contribution is 8.09. The molecule has 2 atom stereocenters. The first-order valence-electron chi connectivity index (χ1n) is 11.2. The van der Waals surface area contributed by atoms with Gasteiger partial charge in [0.05, 0.1) is 0 Å². The lowest BCUT2D eigenvalue weighted by atomic mass is 9.92. The van der Waals surface area contributed by atoms with E-state index < -0.39 is 6.64 Å². The van der Waals surface area contributed by atoms with Crippen LogP contribution in [0.3, 0.4) is 0 Å². The van der Waals surface area contributed by atoms with Crippen LogP contribution in [0.25, 0.3) is 32.7 Å². The van der Waals surface area contributed by atoms with Crippen LogP contribution in [0.1, 0.15) is 25.7 Å². The number of nitrogens with one attached hydrogen (secondary N) is 1. The molecule has 1 saturated carbocycles. The number of nitrogens with two attached hydrogens (primary N) is 1. The largest absolute Gasteiger partial charge is 0.424 e. The summed E-state index contributed by atoms with van der Waals surface area (Å²) in [5, 5.41) is 8.13. The monoisotopic (exact) mass is 460 g/mol. The van der Waals surface area contributed by atoms with Gasteiger partial charge in [-0.3, -0.25) is 0 Å². The van der Waals surface area contributed by atoms with E-state index in [1.165, 1.54) is 0 Å². The third-order valence-electron chi connectivity index (χ3n) is 6.61. The molecule has 4 nitrogen and oxygen atoms in total. The molecule has 6 heteroatoms. The van der Waals surface area contributed by atoms with Gasteiger partial charge >= 0.3 is 6.64 Å². The lowest BCUT2D eigenvalue weighted by Crippen LogP contribution is -2.46. The van der Waals surface area contributed by atoms with Crippen molar-refractivity contribution in [1.82, 2.24) is 5.09 Å². The van der Waals surface area contributed by atoms with Crippen LogP contribution in [0.15, 0.2) is 72.8 Å². The lowest BCUT2D eigenvalue weighted by molar-refractivity contribution is 0.348. The fraction of sp³-hybridized carbons (Fsp3) is 0.231. The highest BCUT2D eigenvalue weighted by atomic mass is 32.5. The highest BCUT2D eigenvalue weighted by Gasteiger charge is 2.35. The lowest BCUT2D eigenvalue weighted by Gasteiger charge is -2.33. The summed E-state index contributed by atoms with van der Waals surface area (Å²) in [7, 11) is 0. The molecule has 32 heavy (non-hydrogen) atoms. The molecule has 0 radical (unpaired) electrons. The minimum atomic E-state index is -2.88. The van der Waals surface area contributed by atoms with Crippen LogP contribution in [0.2, 0.25) is 0 Å². The van der Waals surface area contributed by atoms with E-state index in [-0.39, 0.29) is 12.1 Å². The highest BCUT2D eigenvalue weighted by Crippen LogP contribution is 2.57. The molecule has 3 N–H and O–H groups in total. The molecule has 4 aromatic rings. The van der Waals surface area contributed by atoms with E-state index in [0.29, 0.717) is 0 Å². The summed E-state index contributed by atoms with van der Waals surface area (Å²) < 4.78 is 13.1. The summed E-state index contributed by atoms with van der Waals surface area (Å²) >= 11 is 6.07. The second kappa shape index (κ2) is 7.86. The molecular formula is C26H25N2O2PS. The van der Waals surface area contributed by atoms with Crippen LogP contribution < -0.4 is 19.9 Å². The van der Waals surface area contributed by atoms with Crippen molar-refractivity contribution in [2.24, 2.45) is 5.73 Å². The van der Waals surface area contributed by atoms with Crippen molar-refractivity contribution < 1.29 is 9.05 Å². The van der Waals surface area contributed by atoms with Crippen molar-refractivity contribution in [2.75, 3.05) is 0 Å². The second-order valence-corrected chi connectivity index (χ2v) is 11.7. The third kappa shape index (κ3) is 3.41. The Kier molecular flexibility index (Phi) is 4.96. The molecule has 4 aromatic carbocycles. The van der Waals surface area contributed by atoms with Gasteiger partial charge in [-0.15, -0.1) is 0 Å². The van der Waals surface area contributed by atoms with Crippen molar-refractivity contribution in [3.05, 3.63) is 72.8 Å². The minimum Gasteiger partial charge on any atom is -0.424 e. The zero-order valence-electron chi connectivity index (χ0n) is 17.7. The van der Waals surface area contributed by atoms with Gasteiger partial charge in [0, 0.05) is 35.0 Å². The maximum atomic E-state index is 6.57. The van der Waals surface area contributed by atoms with E-state index in [0.717, 1.165) is 69.9 Å². The van der Waals surface area contributed by atoms with Gasteiger partial charge in [0.25, 0.3) is 0 Å². The van der Waals surface area contributed by atoms with Crippen molar-refractivity contribution in [2.45, 2.75) is 37.8 Å². The maximum Gasteiger partial charge on any atom is 0.365 e. The van der Waals surface area contributed by atoms with Gasteiger partial charge in [0.15, 0.2) is 0 Å². The smallest absolute Gasteiger partial charge is 0.365 e. The number of hydrogen-bond acceptors (Lipinski definition) is 4. The number of rotatable bonds is 2. The van der Waals surface area contributed by atoms with Gasteiger partial charge in [-0.2, -0.15) is 0 Å². The van der Waals surface area contributed by atoms with Gasteiger partial charge in [-0.05, 0) is 46.5 Å². The molecule has 0 aromatic heterocycles. The molecular weight excluding hydrogens is 435 g/mol. The molecule has 1 aliphatic heterocycles. The van der Waals surface area contributed by atoms with Crippen molar-refractivity contribution in [3.8, 4) is 22.6 Å². The Balaban J connectivity index is 1.59. The molecule has 0 saturated heterocycles. The predicted molar refractivity (Wildman–Crippen MR) is 136 cm³/mol. The topological polar surface area (TPSA) is 56.5 Å². The van der Waals surface area contributed by atoms with Gasteiger partial charge in [0.2, 0.25) is 0 Å². The Morgan fingerprint density at radius 2 is 1.28 bits per heavy atom. The molecule has 0 spiro atoms. The fourth-order valence-corrected chi connectivity index (χ4v) is 7.60. The van der Waals surface area contributed by atoms with Crippen LogP contribution in [0.5, 0.6) is 11.5 Å². The zero-order chi connectivity index (χ0) is 21.7. The Bertz CT molecular complexity index is 1300. The Morgan fingerprint density at radius 3 is 1.84 bits per heavy atom. The van der Waals surface area contributed by atoms with Gasteiger partial charge in [0.1, 0.15) is 11.5 Å². The second-order valence-electron chi connectivity index (χ2n) is 8.68. The molecule has 6 rings (SSSR count). The number of benzene rings is 4. The Labute approximate surface area is 192 Å². The van der Waals surface area contributed by atoms with Crippen molar-refractivity contribution in [1.29, 1.82) is 0 Å². The first-order chi connectivity index (χ1) is 15.6. The van der Waals surface area contributed by atoms with E-state index in [1.807, 2.05) is 12.1 Å². The molecule has 2 aliphatic rings. The number of fused-ring (bicyclic) bond motifs is 7. The van der Waals surface area contributed by atoms with Crippen LogP contribution in [-0.4, -0.2) is 12.1 Å². The third-order valence-corrected chi connectivity index (χ3v) is 8.90. The quantitative estimate of drug-likeness (QED) is 0.334. The van der Waals surface area contributed by atoms with E-state index in [4.69, 9.17) is 26.6 Å². The van der Waals surface area contributed by atoms with Gasteiger partial charge in [-0.1, -0.05) is 73.5 Å². The maximum absolute atomic E-state index is 6.57. The summed E-state index contributed by atoms with van der Waals surface area (Å²) in [4.78, 5) is 0. The first-order valence-corrected chi connectivity index (χ1v) is 13.8. The summed E-state index contributed by atoms with van der Waals surface area (Å²) in [6.45, 7) is -2.88. The van der Waals surface area contributed by atoms with E-state index >= 15 is 0 Å². The van der Waals surface area contributed by atoms with E-state index in [9.17, 15) is 0 Å². The van der Waals surface area contributed by atoms with E-state index in [2.05, 4.69) is 65.8 Å². The molecule has 0 amide bonds. The van der Waals surface area contributed by atoms with Crippen LogP contribution >= 0.6 is 6.64 Å². The summed E-state index contributed by atoms with van der Waals surface area (Å²) in [6.07, 6.45) is 4.29.